The highest BCUT2D eigenvalue weighted by molar-refractivity contribution is 5.92. The normalized spacial score (nSPS) is 16.9. The number of carbonyl (C=O) groups is 2. The lowest BCUT2D eigenvalue weighted by molar-refractivity contribution is -0.143. The van der Waals surface area contributed by atoms with E-state index >= 15 is 0 Å². The van der Waals surface area contributed by atoms with Gasteiger partial charge < -0.3 is 10.2 Å². The van der Waals surface area contributed by atoms with Gasteiger partial charge in [-0.3, -0.25) is 9.59 Å². The standard InChI is InChI=1S/C20H22N2O2/c1-14(2)22-18(23)12-16-10-6-7-11-17(16)19(22)20(24)21-13-15-8-4-3-5-9-15/h3-11,14,19H,12-13H2,1-2H3,(H,21,24)/t19-/m0/s1. The molecule has 0 fully saturated rings. The fraction of sp³-hybridized carbons (Fsp3) is 0.300. The van der Waals surface area contributed by atoms with Crippen molar-refractivity contribution in [1.29, 1.82) is 0 Å². The van der Waals surface area contributed by atoms with Gasteiger partial charge in [-0.2, -0.15) is 0 Å². The Morgan fingerprint density at radius 3 is 2.50 bits per heavy atom. The number of rotatable bonds is 4. The molecule has 4 nitrogen and oxygen atoms in total. The van der Waals surface area contributed by atoms with Crippen molar-refractivity contribution < 1.29 is 9.59 Å². The summed E-state index contributed by atoms with van der Waals surface area (Å²) in [7, 11) is 0. The molecule has 0 saturated carbocycles. The van der Waals surface area contributed by atoms with Crippen LogP contribution in [0.3, 0.4) is 0 Å². The summed E-state index contributed by atoms with van der Waals surface area (Å²) in [5, 5.41) is 2.98. The maximum Gasteiger partial charge on any atom is 0.247 e. The van der Waals surface area contributed by atoms with Crippen LogP contribution in [0, 0.1) is 0 Å². The predicted molar refractivity (Wildman–Crippen MR) is 93.2 cm³/mol. The molecular weight excluding hydrogens is 300 g/mol. The number of hydrogen-bond donors (Lipinski definition) is 1. The molecule has 4 heteroatoms. The molecule has 1 aliphatic heterocycles. The van der Waals surface area contributed by atoms with Crippen LogP contribution in [-0.4, -0.2) is 22.8 Å². The second-order valence-electron chi connectivity index (χ2n) is 6.38. The van der Waals surface area contributed by atoms with Crippen molar-refractivity contribution in [1.82, 2.24) is 10.2 Å². The fourth-order valence-electron chi connectivity index (χ4n) is 3.25. The maximum absolute atomic E-state index is 12.9. The zero-order valence-corrected chi connectivity index (χ0v) is 14.0. The number of carbonyl (C=O) groups excluding carboxylic acids is 2. The van der Waals surface area contributed by atoms with E-state index in [-0.39, 0.29) is 17.9 Å². The van der Waals surface area contributed by atoms with Gasteiger partial charge in [0.2, 0.25) is 11.8 Å². The van der Waals surface area contributed by atoms with E-state index in [2.05, 4.69) is 5.32 Å². The van der Waals surface area contributed by atoms with Crippen LogP contribution >= 0.6 is 0 Å². The first kappa shape index (κ1) is 16.2. The van der Waals surface area contributed by atoms with Crippen molar-refractivity contribution in [2.24, 2.45) is 0 Å². The first-order valence-corrected chi connectivity index (χ1v) is 8.28. The lowest BCUT2D eigenvalue weighted by atomic mass is 9.90. The smallest absolute Gasteiger partial charge is 0.247 e. The highest BCUT2D eigenvalue weighted by atomic mass is 16.2. The van der Waals surface area contributed by atoms with E-state index < -0.39 is 6.04 Å². The van der Waals surface area contributed by atoms with E-state index in [0.29, 0.717) is 13.0 Å². The molecule has 1 N–H and O–H groups in total. The zero-order valence-electron chi connectivity index (χ0n) is 14.0. The second-order valence-corrected chi connectivity index (χ2v) is 6.38. The maximum atomic E-state index is 12.9. The van der Waals surface area contributed by atoms with Gasteiger partial charge in [0.1, 0.15) is 6.04 Å². The molecule has 0 saturated heterocycles. The van der Waals surface area contributed by atoms with Crippen LogP contribution in [-0.2, 0) is 22.6 Å². The molecule has 0 spiro atoms. The molecule has 1 heterocycles. The molecule has 2 aromatic carbocycles. The molecule has 2 amide bonds. The minimum absolute atomic E-state index is 0.00330. The topological polar surface area (TPSA) is 49.4 Å². The lowest BCUT2D eigenvalue weighted by Crippen LogP contribution is -2.50. The molecule has 0 aromatic heterocycles. The van der Waals surface area contributed by atoms with Crippen LogP contribution in [0.5, 0.6) is 0 Å². The van der Waals surface area contributed by atoms with Crippen molar-refractivity contribution in [3.05, 3.63) is 71.3 Å². The van der Waals surface area contributed by atoms with Crippen LogP contribution < -0.4 is 5.32 Å². The summed E-state index contributed by atoms with van der Waals surface area (Å²) in [6.07, 6.45) is 0.358. The van der Waals surface area contributed by atoms with E-state index in [4.69, 9.17) is 0 Å². The lowest BCUT2D eigenvalue weighted by Gasteiger charge is -2.39. The fourth-order valence-corrected chi connectivity index (χ4v) is 3.25. The summed E-state index contributed by atoms with van der Waals surface area (Å²) < 4.78 is 0. The van der Waals surface area contributed by atoms with Gasteiger partial charge in [-0.25, -0.2) is 0 Å². The number of benzene rings is 2. The van der Waals surface area contributed by atoms with E-state index in [1.54, 1.807) is 4.90 Å². The Morgan fingerprint density at radius 1 is 1.12 bits per heavy atom. The van der Waals surface area contributed by atoms with Gasteiger partial charge in [0.05, 0.1) is 6.42 Å². The average molecular weight is 322 g/mol. The Balaban J connectivity index is 1.87. The van der Waals surface area contributed by atoms with Crippen LogP contribution in [0.15, 0.2) is 54.6 Å². The van der Waals surface area contributed by atoms with E-state index in [0.717, 1.165) is 16.7 Å². The summed E-state index contributed by atoms with van der Waals surface area (Å²) in [6.45, 7) is 4.35. The van der Waals surface area contributed by atoms with Gasteiger partial charge in [-0.15, -0.1) is 0 Å². The first-order chi connectivity index (χ1) is 11.6. The SMILES string of the molecule is CC(C)N1C(=O)Cc2ccccc2[C@H]1C(=O)NCc1ccccc1. The summed E-state index contributed by atoms with van der Waals surface area (Å²) in [5.74, 6) is -0.128. The average Bonchev–Trinajstić information content (AvgIpc) is 2.59. The summed E-state index contributed by atoms with van der Waals surface area (Å²) in [6, 6.07) is 16.9. The second kappa shape index (κ2) is 6.87. The molecule has 1 atom stereocenters. The van der Waals surface area contributed by atoms with Crippen molar-refractivity contribution in [2.75, 3.05) is 0 Å². The molecule has 0 aliphatic carbocycles. The molecule has 0 bridgehead atoms. The van der Waals surface area contributed by atoms with Crippen molar-refractivity contribution in [2.45, 2.75) is 38.9 Å². The van der Waals surface area contributed by atoms with Crippen LogP contribution in [0.2, 0.25) is 0 Å². The summed E-state index contributed by atoms with van der Waals surface area (Å²) in [5.41, 5.74) is 2.91. The molecule has 124 valence electrons. The van der Waals surface area contributed by atoms with Crippen LogP contribution in [0.25, 0.3) is 0 Å². The third-order valence-corrected chi connectivity index (χ3v) is 4.37. The Hall–Kier alpha value is -2.62. The number of nitrogens with one attached hydrogen (secondary N) is 1. The molecule has 1 aliphatic rings. The number of amides is 2. The van der Waals surface area contributed by atoms with Gasteiger partial charge in [-0.05, 0) is 30.5 Å². The third-order valence-electron chi connectivity index (χ3n) is 4.37. The van der Waals surface area contributed by atoms with Gasteiger partial charge in [-0.1, -0.05) is 54.6 Å². The highest BCUT2D eigenvalue weighted by Crippen LogP contribution is 2.32. The van der Waals surface area contributed by atoms with Gasteiger partial charge in [0, 0.05) is 12.6 Å². The molecule has 0 radical (unpaired) electrons. The largest absolute Gasteiger partial charge is 0.350 e. The Kier molecular flexibility index (Phi) is 4.65. The quantitative estimate of drug-likeness (QED) is 0.941. The molecule has 2 aromatic rings. The Morgan fingerprint density at radius 2 is 1.79 bits per heavy atom. The van der Waals surface area contributed by atoms with Crippen LogP contribution in [0.4, 0.5) is 0 Å². The van der Waals surface area contributed by atoms with E-state index in [1.165, 1.54) is 0 Å². The van der Waals surface area contributed by atoms with Gasteiger partial charge >= 0.3 is 0 Å². The number of fused-ring (bicyclic) bond motifs is 1. The molecule has 24 heavy (non-hydrogen) atoms. The van der Waals surface area contributed by atoms with Crippen molar-refractivity contribution in [3.63, 3.8) is 0 Å². The Labute approximate surface area is 142 Å². The van der Waals surface area contributed by atoms with Crippen molar-refractivity contribution >= 4 is 11.8 Å². The molecule has 0 unspecified atom stereocenters. The number of nitrogens with zero attached hydrogens (tertiary/aromatic N) is 1. The Bertz CT molecular complexity index is 740. The van der Waals surface area contributed by atoms with E-state index in [9.17, 15) is 9.59 Å². The minimum atomic E-state index is -0.564. The zero-order chi connectivity index (χ0) is 17.1. The van der Waals surface area contributed by atoms with Gasteiger partial charge in [0.15, 0.2) is 0 Å². The first-order valence-electron chi connectivity index (χ1n) is 8.28. The molecule has 3 rings (SSSR count). The summed E-state index contributed by atoms with van der Waals surface area (Å²) in [4.78, 5) is 27.1. The summed E-state index contributed by atoms with van der Waals surface area (Å²) >= 11 is 0. The molecular formula is C20H22N2O2. The number of hydrogen-bond acceptors (Lipinski definition) is 2. The van der Waals surface area contributed by atoms with E-state index in [1.807, 2.05) is 68.4 Å². The monoisotopic (exact) mass is 322 g/mol. The van der Waals surface area contributed by atoms with Crippen LogP contribution in [0.1, 0.15) is 36.6 Å². The highest BCUT2D eigenvalue weighted by Gasteiger charge is 2.38. The predicted octanol–water partition coefficient (Wildman–Crippen LogP) is 2.84. The van der Waals surface area contributed by atoms with Crippen molar-refractivity contribution in [3.8, 4) is 0 Å². The van der Waals surface area contributed by atoms with Gasteiger partial charge in [0.25, 0.3) is 0 Å². The third kappa shape index (κ3) is 3.18. The minimum Gasteiger partial charge on any atom is -0.350 e.